The highest BCUT2D eigenvalue weighted by Gasteiger charge is 2.51. The lowest BCUT2D eigenvalue weighted by molar-refractivity contribution is -0.144. The Hall–Kier alpha value is -0.313. The first kappa shape index (κ1) is 9.77. The summed E-state index contributed by atoms with van der Waals surface area (Å²) in [6.07, 6.45) is 1.08. The van der Waals surface area contributed by atoms with E-state index in [1.807, 2.05) is 6.92 Å². The van der Waals surface area contributed by atoms with Crippen LogP contribution < -0.4 is 0 Å². The van der Waals surface area contributed by atoms with Crippen LogP contribution in [-0.4, -0.2) is 20.7 Å². The van der Waals surface area contributed by atoms with Crippen molar-refractivity contribution in [2.45, 2.75) is 38.5 Å². The second kappa shape index (κ2) is 3.21. The van der Waals surface area contributed by atoms with Crippen molar-refractivity contribution in [3.63, 3.8) is 0 Å². The lowest BCUT2D eigenvalue weighted by Crippen LogP contribution is -2.22. The Morgan fingerprint density at radius 3 is 2.42 bits per heavy atom. The smallest absolute Gasteiger partial charge is 0.308 e. The predicted molar refractivity (Wildman–Crippen MR) is 51.8 cm³/mol. The number of hydrogen-bond acceptors (Lipinski definition) is 2. The van der Waals surface area contributed by atoms with Crippen LogP contribution in [0.4, 0.5) is 0 Å². The Morgan fingerprint density at radius 1 is 1.50 bits per heavy atom. The van der Waals surface area contributed by atoms with Gasteiger partial charge in [0.05, 0.1) is 12.5 Å². The second-order valence-corrected chi connectivity index (χ2v) is 10.0. The van der Waals surface area contributed by atoms with E-state index in [4.69, 9.17) is 4.74 Å². The van der Waals surface area contributed by atoms with Gasteiger partial charge in [0, 0.05) is 8.07 Å². The van der Waals surface area contributed by atoms with Crippen LogP contribution in [0.5, 0.6) is 0 Å². The van der Waals surface area contributed by atoms with Gasteiger partial charge in [-0.3, -0.25) is 4.79 Å². The van der Waals surface area contributed by atoms with Crippen molar-refractivity contribution < 1.29 is 9.53 Å². The lowest BCUT2D eigenvalue weighted by atomic mass is 10.4. The summed E-state index contributed by atoms with van der Waals surface area (Å²) in [6, 6.07) is 0. The first-order valence-electron chi connectivity index (χ1n) is 4.63. The van der Waals surface area contributed by atoms with Gasteiger partial charge < -0.3 is 4.74 Å². The molecule has 2 atom stereocenters. The Balaban J connectivity index is 2.37. The summed E-state index contributed by atoms with van der Waals surface area (Å²) in [7, 11) is -1.08. The van der Waals surface area contributed by atoms with Gasteiger partial charge >= 0.3 is 5.97 Å². The zero-order valence-corrected chi connectivity index (χ0v) is 9.39. The van der Waals surface area contributed by atoms with Crippen LogP contribution in [0.2, 0.25) is 25.2 Å². The van der Waals surface area contributed by atoms with Crippen LogP contribution in [0.3, 0.4) is 0 Å². The van der Waals surface area contributed by atoms with E-state index in [2.05, 4.69) is 19.6 Å². The van der Waals surface area contributed by atoms with E-state index in [1.54, 1.807) is 0 Å². The molecule has 12 heavy (non-hydrogen) atoms. The van der Waals surface area contributed by atoms with Gasteiger partial charge in [-0.2, -0.15) is 0 Å². The van der Waals surface area contributed by atoms with E-state index in [9.17, 15) is 4.79 Å². The molecule has 1 fully saturated rings. The van der Waals surface area contributed by atoms with Crippen LogP contribution in [0.1, 0.15) is 13.3 Å². The van der Waals surface area contributed by atoms with Crippen LogP contribution >= 0.6 is 0 Å². The maximum absolute atomic E-state index is 11.3. The number of carbonyl (C=O) groups is 1. The zero-order valence-electron chi connectivity index (χ0n) is 8.39. The number of hydrogen-bond donors (Lipinski definition) is 0. The SMILES string of the molecule is CCOC(=O)[C@H]1C[C@@H]1[Si](C)(C)C. The molecular formula is C9H18O2Si. The summed E-state index contributed by atoms with van der Waals surface area (Å²) >= 11 is 0. The summed E-state index contributed by atoms with van der Waals surface area (Å²) in [4.78, 5) is 11.3. The van der Waals surface area contributed by atoms with Gasteiger partial charge in [-0.15, -0.1) is 0 Å². The van der Waals surface area contributed by atoms with Crippen LogP contribution in [0.15, 0.2) is 0 Å². The Bertz CT molecular complexity index is 183. The maximum Gasteiger partial charge on any atom is 0.308 e. The third-order valence-electron chi connectivity index (χ3n) is 2.49. The molecule has 2 nitrogen and oxygen atoms in total. The fraction of sp³-hybridized carbons (Fsp3) is 0.889. The third kappa shape index (κ3) is 2.09. The standard InChI is InChI=1S/C9H18O2Si/c1-5-11-9(10)7-6-8(7)12(2,3)4/h7-8H,5-6H2,1-4H3/t7-,8-/m0/s1. The highest BCUT2D eigenvalue weighted by Crippen LogP contribution is 2.52. The van der Waals surface area contributed by atoms with E-state index in [-0.39, 0.29) is 11.9 Å². The van der Waals surface area contributed by atoms with Crippen molar-refractivity contribution in [1.29, 1.82) is 0 Å². The van der Waals surface area contributed by atoms with Crippen molar-refractivity contribution in [2.24, 2.45) is 5.92 Å². The second-order valence-electron chi connectivity index (χ2n) is 4.57. The van der Waals surface area contributed by atoms with Gasteiger partial charge in [0.1, 0.15) is 0 Å². The molecule has 0 heterocycles. The number of rotatable bonds is 3. The molecule has 1 aliphatic rings. The minimum absolute atomic E-state index is 0.0323. The highest BCUT2D eigenvalue weighted by atomic mass is 28.3. The molecule has 0 N–H and O–H groups in total. The number of ether oxygens (including phenoxy) is 1. The summed E-state index contributed by atoms with van der Waals surface area (Å²) in [5, 5.41) is 0. The lowest BCUT2D eigenvalue weighted by Gasteiger charge is -2.14. The molecule has 0 aromatic rings. The maximum atomic E-state index is 11.3. The third-order valence-corrected chi connectivity index (χ3v) is 5.35. The number of carbonyl (C=O) groups excluding carboxylic acids is 1. The average molecular weight is 186 g/mol. The van der Waals surface area contributed by atoms with Crippen molar-refractivity contribution >= 4 is 14.0 Å². The Labute approximate surface area is 75.3 Å². The topological polar surface area (TPSA) is 26.3 Å². The molecule has 0 aliphatic heterocycles. The van der Waals surface area contributed by atoms with E-state index >= 15 is 0 Å². The summed E-state index contributed by atoms with van der Waals surface area (Å²) in [6.45, 7) is 9.34. The molecule has 1 aliphatic carbocycles. The molecule has 1 saturated carbocycles. The summed E-state index contributed by atoms with van der Waals surface area (Å²) < 4.78 is 4.97. The molecule has 0 spiro atoms. The number of esters is 1. The molecule has 3 heteroatoms. The van der Waals surface area contributed by atoms with E-state index in [0.29, 0.717) is 12.1 Å². The zero-order chi connectivity index (χ0) is 9.35. The molecular weight excluding hydrogens is 168 g/mol. The van der Waals surface area contributed by atoms with Crippen LogP contribution in [-0.2, 0) is 9.53 Å². The molecule has 0 unspecified atom stereocenters. The van der Waals surface area contributed by atoms with Gasteiger partial charge in [0.15, 0.2) is 0 Å². The first-order chi connectivity index (χ1) is 5.46. The fourth-order valence-corrected chi connectivity index (χ4v) is 3.97. The van der Waals surface area contributed by atoms with Gasteiger partial charge in [-0.25, -0.2) is 0 Å². The molecule has 1 rings (SSSR count). The largest absolute Gasteiger partial charge is 0.466 e. The minimum atomic E-state index is -1.08. The molecule has 0 saturated heterocycles. The average Bonchev–Trinajstić information content (AvgIpc) is 2.62. The van der Waals surface area contributed by atoms with Gasteiger partial charge in [-0.1, -0.05) is 19.6 Å². The highest BCUT2D eigenvalue weighted by molar-refractivity contribution is 6.78. The first-order valence-corrected chi connectivity index (χ1v) is 8.21. The van der Waals surface area contributed by atoms with Crippen molar-refractivity contribution in [2.75, 3.05) is 6.61 Å². The molecule has 0 radical (unpaired) electrons. The van der Waals surface area contributed by atoms with Gasteiger partial charge in [0.25, 0.3) is 0 Å². The minimum Gasteiger partial charge on any atom is -0.466 e. The van der Waals surface area contributed by atoms with Crippen molar-refractivity contribution in [1.82, 2.24) is 0 Å². The normalized spacial score (nSPS) is 28.3. The summed E-state index contributed by atoms with van der Waals surface area (Å²) in [5.41, 5.74) is 0.677. The quantitative estimate of drug-likeness (QED) is 0.499. The van der Waals surface area contributed by atoms with E-state index in [0.717, 1.165) is 6.42 Å². The molecule has 0 bridgehead atoms. The van der Waals surface area contributed by atoms with Crippen LogP contribution in [0.25, 0.3) is 0 Å². The van der Waals surface area contributed by atoms with Gasteiger partial charge in [0.2, 0.25) is 0 Å². The molecule has 0 amide bonds. The fourth-order valence-electron chi connectivity index (χ4n) is 1.66. The van der Waals surface area contributed by atoms with Crippen LogP contribution in [0, 0.1) is 5.92 Å². The Morgan fingerprint density at radius 2 is 2.08 bits per heavy atom. The molecule has 70 valence electrons. The van der Waals surface area contributed by atoms with E-state index in [1.165, 1.54) is 0 Å². The Kier molecular flexibility index (Phi) is 2.61. The van der Waals surface area contributed by atoms with Crippen molar-refractivity contribution in [3.8, 4) is 0 Å². The predicted octanol–water partition coefficient (Wildman–Crippen LogP) is 2.28. The summed E-state index contributed by atoms with van der Waals surface area (Å²) in [5.74, 6) is 0.279. The van der Waals surface area contributed by atoms with Gasteiger partial charge in [-0.05, 0) is 18.9 Å². The molecule has 0 aromatic carbocycles. The van der Waals surface area contributed by atoms with E-state index < -0.39 is 8.07 Å². The van der Waals surface area contributed by atoms with Crippen molar-refractivity contribution in [3.05, 3.63) is 0 Å². The molecule has 0 aromatic heterocycles. The monoisotopic (exact) mass is 186 g/mol.